The highest BCUT2D eigenvalue weighted by molar-refractivity contribution is 7.80. The zero-order valence-electron chi connectivity index (χ0n) is 6.65. The van der Waals surface area contributed by atoms with Crippen LogP contribution in [0.5, 0.6) is 0 Å². The molecule has 1 radical (unpaired) electrons. The Hall–Kier alpha value is -0.770. The van der Waals surface area contributed by atoms with Crippen LogP contribution in [0.4, 0.5) is 14.1 Å². The van der Waals surface area contributed by atoms with Gasteiger partial charge in [-0.25, -0.2) is 0 Å². The molecule has 0 aliphatic heterocycles. The Morgan fingerprint density at radius 3 is 1.75 bits per heavy atom. The smallest absolute Gasteiger partial charge is 0.0377 e. The molecule has 0 heterocycles. The zero-order chi connectivity index (χ0) is 6.69. The van der Waals surface area contributed by atoms with E-state index >= 15 is 0 Å². The number of benzene rings is 1. The van der Waals surface area contributed by atoms with Crippen LogP contribution in [0.1, 0.15) is 12.5 Å². The van der Waals surface area contributed by atoms with Crippen molar-refractivity contribution in [2.75, 3.05) is 0 Å². The molecule has 1 aromatic rings. The van der Waals surface area contributed by atoms with Crippen molar-refractivity contribution in [3.8, 4) is 0 Å². The predicted molar refractivity (Wildman–Crippen MR) is 49.2 cm³/mol. The molecule has 1 rings (SSSR count). The molecule has 0 amide bonds. The largest absolute Gasteiger partial charge is 0.269 e. The van der Waals surface area contributed by atoms with Crippen LogP contribution in [-0.2, 0) is 6.42 Å². The van der Waals surface area contributed by atoms with Gasteiger partial charge in [0.05, 0.1) is 0 Å². The van der Waals surface area contributed by atoms with Gasteiger partial charge in [-0.2, -0.15) is 0 Å². The van der Waals surface area contributed by atoms with Gasteiger partial charge in [0.2, 0.25) is 0 Å². The lowest BCUT2D eigenvalue weighted by atomic mass is 10.2. The third-order valence-electron chi connectivity index (χ3n) is 1.33. The van der Waals surface area contributed by atoms with Crippen molar-refractivity contribution in [3.63, 3.8) is 0 Å². The maximum absolute atomic E-state index is 4.92. The highest BCUT2D eigenvalue weighted by Crippen LogP contribution is 2.07. The van der Waals surface area contributed by atoms with Gasteiger partial charge in [0.15, 0.2) is 0 Å². The van der Waals surface area contributed by atoms with Crippen molar-refractivity contribution in [2.45, 2.75) is 18.2 Å². The minimum atomic E-state index is 0. The molecule has 0 unspecified atom stereocenters. The summed E-state index contributed by atoms with van der Waals surface area (Å²) in [6.07, 6.45) is 1.09. The highest BCUT2D eigenvalue weighted by Gasteiger charge is 1.86. The minimum Gasteiger partial charge on any atom is -0.269 e. The molecule has 0 nitrogen and oxygen atoms in total. The van der Waals surface area contributed by atoms with Crippen molar-refractivity contribution in [2.24, 2.45) is 0 Å². The first-order valence-electron chi connectivity index (χ1n) is 3.09. The first kappa shape index (κ1) is 17.4. The van der Waals surface area contributed by atoms with Gasteiger partial charge in [-0.15, -0.1) is 0 Å². The average Bonchev–Trinajstić information content (AvgIpc) is 1.90. The molecule has 71 valence electrons. The lowest BCUT2D eigenvalue weighted by molar-refractivity contribution is 1.11. The molecular weight excluding hydrogens is 185 g/mol. The second-order valence-corrected chi connectivity index (χ2v) is 2.47. The van der Waals surface area contributed by atoms with Crippen molar-refractivity contribution in [3.05, 3.63) is 29.8 Å². The molecule has 1 aromatic carbocycles. The summed E-state index contributed by atoms with van der Waals surface area (Å²) in [5.74, 6) is 0. The molecular formula is C8H12F3S. The van der Waals surface area contributed by atoms with Crippen molar-refractivity contribution in [1.29, 1.82) is 0 Å². The van der Waals surface area contributed by atoms with E-state index in [1.807, 2.05) is 12.1 Å². The molecule has 12 heavy (non-hydrogen) atoms. The summed E-state index contributed by atoms with van der Waals surface area (Å²) in [5, 5.41) is 0. The van der Waals surface area contributed by atoms with Gasteiger partial charge in [0.1, 0.15) is 0 Å². The maximum Gasteiger partial charge on any atom is 0.0377 e. The van der Waals surface area contributed by atoms with Gasteiger partial charge >= 0.3 is 0 Å². The fourth-order valence-electron chi connectivity index (χ4n) is 0.725. The van der Waals surface area contributed by atoms with E-state index in [-0.39, 0.29) is 14.1 Å². The van der Waals surface area contributed by atoms with Crippen LogP contribution in [0.15, 0.2) is 29.2 Å². The summed E-state index contributed by atoms with van der Waals surface area (Å²) in [6.45, 7) is 2.14. The van der Waals surface area contributed by atoms with Gasteiger partial charge < -0.3 is 0 Å². The van der Waals surface area contributed by atoms with Crippen molar-refractivity contribution < 1.29 is 14.1 Å². The lowest BCUT2D eigenvalue weighted by Gasteiger charge is -1.93. The van der Waals surface area contributed by atoms with Crippen LogP contribution in [0.3, 0.4) is 0 Å². The van der Waals surface area contributed by atoms with Crippen LogP contribution in [0, 0.1) is 0 Å². The fraction of sp³-hybridized carbons (Fsp3) is 0.250. The van der Waals surface area contributed by atoms with Crippen molar-refractivity contribution >= 4 is 12.6 Å². The summed E-state index contributed by atoms with van der Waals surface area (Å²) < 4.78 is 0. The minimum absolute atomic E-state index is 0. The number of halogens is 3. The Kier molecular flexibility index (Phi) is 12.0. The van der Waals surface area contributed by atoms with Gasteiger partial charge in [0, 0.05) is 4.90 Å². The number of hydrogen-bond donors (Lipinski definition) is 0. The molecule has 0 fully saturated rings. The molecule has 0 aromatic heterocycles. The normalized spacial score (nSPS) is 7.08. The molecule has 0 N–H and O–H groups in total. The van der Waals surface area contributed by atoms with Crippen LogP contribution >= 0.6 is 12.6 Å². The van der Waals surface area contributed by atoms with E-state index in [9.17, 15) is 0 Å². The third kappa shape index (κ3) is 4.96. The van der Waals surface area contributed by atoms with E-state index in [4.69, 9.17) is 12.6 Å². The molecule has 0 saturated heterocycles. The summed E-state index contributed by atoms with van der Waals surface area (Å²) >= 11 is 4.92. The maximum atomic E-state index is 4.92. The highest BCUT2D eigenvalue weighted by atomic mass is 32.1. The van der Waals surface area contributed by atoms with E-state index in [2.05, 4.69) is 19.1 Å². The van der Waals surface area contributed by atoms with E-state index in [1.54, 1.807) is 0 Å². The van der Waals surface area contributed by atoms with Crippen LogP contribution in [0.2, 0.25) is 0 Å². The topological polar surface area (TPSA) is 0 Å². The van der Waals surface area contributed by atoms with Gasteiger partial charge in [-0.1, -0.05) is 31.7 Å². The summed E-state index contributed by atoms with van der Waals surface area (Å²) in [4.78, 5) is 0.923. The Balaban J connectivity index is -0.000000270. The Morgan fingerprint density at radius 1 is 1.00 bits per heavy atom. The third-order valence-corrected chi connectivity index (χ3v) is 1.60. The predicted octanol–water partition coefficient (Wildman–Crippen LogP) is 3.26. The first-order valence-corrected chi connectivity index (χ1v) is 3.49. The molecule has 4 heteroatoms. The second kappa shape index (κ2) is 8.33. The first-order chi connectivity index (χ1) is 4.33. The molecule has 0 spiro atoms. The monoisotopic (exact) mass is 197 g/mol. The van der Waals surface area contributed by atoms with E-state index in [1.165, 1.54) is 5.56 Å². The number of aryl methyl sites for hydroxylation is 1. The zero-order valence-corrected chi connectivity index (χ0v) is 7.47. The summed E-state index contributed by atoms with van der Waals surface area (Å²) in [5.41, 5.74) is 1.35. The SMILES string of the molecule is CCc1ccc([S])cc1.F.F.F. The van der Waals surface area contributed by atoms with E-state index < -0.39 is 0 Å². The van der Waals surface area contributed by atoms with Crippen LogP contribution < -0.4 is 0 Å². The van der Waals surface area contributed by atoms with Gasteiger partial charge in [-0.3, -0.25) is 14.1 Å². The lowest BCUT2D eigenvalue weighted by Crippen LogP contribution is -1.76. The number of rotatable bonds is 1. The van der Waals surface area contributed by atoms with Crippen LogP contribution in [0.25, 0.3) is 0 Å². The van der Waals surface area contributed by atoms with Crippen molar-refractivity contribution in [1.82, 2.24) is 0 Å². The Bertz CT molecular complexity index is 186. The fourth-order valence-corrected chi connectivity index (χ4v) is 0.861. The molecule has 0 bridgehead atoms. The summed E-state index contributed by atoms with van der Waals surface area (Å²) in [7, 11) is 0. The van der Waals surface area contributed by atoms with E-state index in [0.29, 0.717) is 0 Å². The molecule has 0 atom stereocenters. The molecule has 0 saturated carbocycles. The summed E-state index contributed by atoms with van der Waals surface area (Å²) in [6, 6.07) is 8.08. The second-order valence-electron chi connectivity index (χ2n) is 2.00. The van der Waals surface area contributed by atoms with Gasteiger partial charge in [-0.05, 0) is 24.1 Å². The quantitative estimate of drug-likeness (QED) is 0.648. The van der Waals surface area contributed by atoms with Crippen LogP contribution in [-0.4, -0.2) is 0 Å². The van der Waals surface area contributed by atoms with E-state index in [0.717, 1.165) is 11.3 Å². The number of hydrogen-bond acceptors (Lipinski definition) is 0. The average molecular weight is 197 g/mol. The standard InChI is InChI=1S/C8H9S.3FH/c1-2-7-3-5-8(9)6-4-7;;;/h3-6H,2H2,1H3;3*1H. The Labute approximate surface area is 75.5 Å². The Morgan fingerprint density at radius 2 is 1.42 bits per heavy atom. The molecule has 0 aliphatic carbocycles. The van der Waals surface area contributed by atoms with Gasteiger partial charge in [0.25, 0.3) is 0 Å². The molecule has 0 aliphatic rings.